The van der Waals surface area contributed by atoms with Crippen molar-refractivity contribution in [2.75, 3.05) is 25.4 Å². The van der Waals surface area contributed by atoms with E-state index in [2.05, 4.69) is 5.32 Å². The van der Waals surface area contributed by atoms with Crippen LogP contribution in [0.1, 0.15) is 12.0 Å². The Labute approximate surface area is 135 Å². The molecule has 0 radical (unpaired) electrons. The van der Waals surface area contributed by atoms with Crippen LogP contribution in [0.25, 0.3) is 0 Å². The predicted octanol–water partition coefficient (Wildman–Crippen LogP) is 1.25. The van der Waals surface area contributed by atoms with Crippen molar-refractivity contribution in [2.45, 2.75) is 24.7 Å². The van der Waals surface area contributed by atoms with E-state index < -0.39 is 11.4 Å². The van der Waals surface area contributed by atoms with Crippen molar-refractivity contribution in [3.8, 4) is 0 Å². The average molecular weight is 322 g/mol. The quantitative estimate of drug-likeness (QED) is 0.359. The van der Waals surface area contributed by atoms with E-state index in [4.69, 9.17) is 21.0 Å². The molecule has 0 saturated carbocycles. The van der Waals surface area contributed by atoms with E-state index in [1.54, 1.807) is 24.3 Å². The van der Waals surface area contributed by atoms with Gasteiger partial charge < -0.3 is 21.0 Å². The van der Waals surface area contributed by atoms with Gasteiger partial charge in [-0.1, -0.05) is 16.6 Å². The lowest BCUT2D eigenvalue weighted by atomic mass is 9.88. The molecule has 7 heteroatoms. The number of benzene rings is 1. The summed E-state index contributed by atoms with van der Waals surface area (Å²) in [6, 6.07) is 6.90. The molecule has 5 N–H and O–H groups in total. The molecule has 2 atom stereocenters. The molecule has 2 unspecified atom stereocenters. The van der Waals surface area contributed by atoms with Crippen molar-refractivity contribution >= 4 is 11.4 Å². The van der Waals surface area contributed by atoms with Crippen molar-refractivity contribution in [1.82, 2.24) is 5.32 Å². The van der Waals surface area contributed by atoms with Gasteiger partial charge in [0.1, 0.15) is 0 Å². The molecule has 1 aromatic rings. The molecule has 0 amide bonds. The molecule has 23 heavy (non-hydrogen) atoms. The number of methoxy groups -OCH3 is 1. The van der Waals surface area contributed by atoms with E-state index in [-0.39, 0.29) is 25.3 Å². The Morgan fingerprint density at radius 3 is 2.78 bits per heavy atom. The third-order valence-electron chi connectivity index (χ3n) is 3.91. The van der Waals surface area contributed by atoms with E-state index in [0.717, 1.165) is 5.56 Å². The summed E-state index contributed by atoms with van der Waals surface area (Å²) in [4.78, 5) is 0. The summed E-state index contributed by atoms with van der Waals surface area (Å²) in [5.41, 5.74) is 4.68. The van der Waals surface area contributed by atoms with Crippen molar-refractivity contribution in [3.63, 3.8) is 0 Å². The van der Waals surface area contributed by atoms with Crippen molar-refractivity contribution < 1.29 is 14.3 Å². The second-order valence-corrected chi connectivity index (χ2v) is 5.70. The summed E-state index contributed by atoms with van der Waals surface area (Å²) in [6.07, 6.45) is 3.07. The van der Waals surface area contributed by atoms with Crippen LogP contribution in [0.5, 0.6) is 0 Å². The minimum Gasteiger partial charge on any atom is -0.395 e. The standard InChI is InChI=1S/C16H23FN4O2/c1-12-4-3-5-13(10-12)21(17)16(23-2)7-6-15(19,11-14(16)18)20-8-9-22/h3-7,10,18,20,22H,8-9,11,19H2,1-2H3. The monoisotopic (exact) mass is 322 g/mol. The van der Waals surface area contributed by atoms with Crippen LogP contribution in [0, 0.1) is 12.3 Å². The van der Waals surface area contributed by atoms with Gasteiger partial charge in [0.25, 0.3) is 0 Å². The highest BCUT2D eigenvalue weighted by atomic mass is 19.2. The Kier molecular flexibility index (Phi) is 5.16. The number of anilines is 1. The lowest BCUT2D eigenvalue weighted by Crippen LogP contribution is -2.63. The highest BCUT2D eigenvalue weighted by Gasteiger charge is 2.46. The van der Waals surface area contributed by atoms with Gasteiger partial charge >= 0.3 is 0 Å². The number of hydrogen-bond donors (Lipinski definition) is 4. The molecule has 1 aliphatic rings. The molecule has 6 nitrogen and oxygen atoms in total. The Bertz CT molecular complexity index is 609. The first-order valence-electron chi connectivity index (χ1n) is 7.38. The number of hydrogen-bond acceptors (Lipinski definition) is 6. The molecular formula is C16H23FN4O2. The Morgan fingerprint density at radius 1 is 1.48 bits per heavy atom. The van der Waals surface area contributed by atoms with Crippen LogP contribution in [0.2, 0.25) is 0 Å². The third kappa shape index (κ3) is 3.42. The maximum Gasteiger partial charge on any atom is 0.227 e. The summed E-state index contributed by atoms with van der Waals surface area (Å²) in [5.74, 6) is 0. The highest BCUT2D eigenvalue weighted by molar-refractivity contribution is 5.96. The van der Waals surface area contributed by atoms with Crippen molar-refractivity contribution in [2.24, 2.45) is 5.73 Å². The number of aliphatic hydroxyl groups excluding tert-OH is 1. The molecule has 126 valence electrons. The zero-order valence-electron chi connectivity index (χ0n) is 13.3. The maximum absolute atomic E-state index is 15.0. The Balaban J connectivity index is 2.34. The normalized spacial score (nSPS) is 27.3. The van der Waals surface area contributed by atoms with Gasteiger partial charge in [-0.3, -0.25) is 5.32 Å². The van der Waals surface area contributed by atoms with Crippen LogP contribution in [-0.2, 0) is 4.74 Å². The van der Waals surface area contributed by atoms with Gasteiger partial charge in [0.05, 0.1) is 23.7 Å². The summed E-state index contributed by atoms with van der Waals surface area (Å²) < 4.78 is 20.4. The molecule has 0 fully saturated rings. The number of rotatable bonds is 6. The van der Waals surface area contributed by atoms with Gasteiger partial charge in [0.15, 0.2) is 0 Å². The number of aliphatic hydroxyl groups is 1. The topological polar surface area (TPSA) is 94.6 Å². The first-order chi connectivity index (χ1) is 10.9. The number of nitrogens with zero attached hydrogens (tertiary/aromatic N) is 1. The fourth-order valence-corrected chi connectivity index (χ4v) is 2.65. The SMILES string of the molecule is COC1(N(F)c2cccc(C)c2)C=CC(N)(NCCO)CC1=N. The molecule has 0 saturated heterocycles. The van der Waals surface area contributed by atoms with E-state index in [0.29, 0.717) is 10.8 Å². The van der Waals surface area contributed by atoms with Crippen LogP contribution >= 0.6 is 0 Å². The summed E-state index contributed by atoms with van der Waals surface area (Å²) in [6.45, 7) is 2.07. The van der Waals surface area contributed by atoms with Gasteiger partial charge in [-0.15, -0.1) is 0 Å². The Hall–Kier alpha value is -1.80. The largest absolute Gasteiger partial charge is 0.395 e. The lowest BCUT2D eigenvalue weighted by molar-refractivity contribution is 0.0433. The second kappa shape index (κ2) is 6.76. The predicted molar refractivity (Wildman–Crippen MR) is 88.0 cm³/mol. The molecule has 0 spiro atoms. The Morgan fingerprint density at radius 2 is 2.22 bits per heavy atom. The molecule has 0 heterocycles. The van der Waals surface area contributed by atoms with Gasteiger partial charge in [-0.2, -0.15) is 5.12 Å². The van der Waals surface area contributed by atoms with Crippen LogP contribution < -0.4 is 16.2 Å². The van der Waals surface area contributed by atoms with Gasteiger partial charge in [-0.05, 0) is 36.8 Å². The average Bonchev–Trinajstić information content (AvgIpc) is 2.53. The fourth-order valence-electron chi connectivity index (χ4n) is 2.65. The maximum atomic E-state index is 15.0. The molecule has 0 aromatic heterocycles. The van der Waals surface area contributed by atoms with E-state index in [1.165, 1.54) is 13.2 Å². The molecule has 0 bridgehead atoms. The summed E-state index contributed by atoms with van der Waals surface area (Å²) >= 11 is 0. The summed E-state index contributed by atoms with van der Waals surface area (Å²) in [5, 5.41) is 20.5. The first-order valence-corrected chi connectivity index (χ1v) is 7.38. The minimum absolute atomic E-state index is 0.0144. The van der Waals surface area contributed by atoms with E-state index in [1.807, 2.05) is 13.0 Å². The van der Waals surface area contributed by atoms with E-state index >= 15 is 4.48 Å². The number of halogens is 1. The number of nitrogens with one attached hydrogen (secondary N) is 2. The van der Waals surface area contributed by atoms with Gasteiger partial charge in [0, 0.05) is 20.1 Å². The van der Waals surface area contributed by atoms with Gasteiger partial charge in [0.2, 0.25) is 5.72 Å². The minimum atomic E-state index is -1.63. The fraction of sp³-hybridized carbons (Fsp3) is 0.438. The second-order valence-electron chi connectivity index (χ2n) is 5.70. The molecule has 1 aromatic carbocycles. The smallest absolute Gasteiger partial charge is 0.227 e. The zero-order chi connectivity index (χ0) is 17.1. The molecule has 2 rings (SSSR count). The van der Waals surface area contributed by atoms with Crippen LogP contribution in [0.4, 0.5) is 10.2 Å². The van der Waals surface area contributed by atoms with E-state index in [9.17, 15) is 0 Å². The van der Waals surface area contributed by atoms with Crippen LogP contribution in [-0.4, -0.2) is 42.5 Å². The van der Waals surface area contributed by atoms with Crippen LogP contribution in [0.3, 0.4) is 0 Å². The zero-order valence-corrected chi connectivity index (χ0v) is 13.3. The van der Waals surface area contributed by atoms with Crippen molar-refractivity contribution in [3.05, 3.63) is 42.0 Å². The molecule has 1 aliphatic carbocycles. The van der Waals surface area contributed by atoms with Crippen molar-refractivity contribution in [1.29, 1.82) is 5.41 Å². The molecular weight excluding hydrogens is 299 g/mol. The number of ether oxygens (including phenoxy) is 1. The summed E-state index contributed by atoms with van der Waals surface area (Å²) in [7, 11) is 1.35. The van der Waals surface area contributed by atoms with Gasteiger partial charge in [-0.25, -0.2) is 0 Å². The highest BCUT2D eigenvalue weighted by Crippen LogP contribution is 2.34. The van der Waals surface area contributed by atoms with Crippen LogP contribution in [0.15, 0.2) is 36.4 Å². The number of nitrogens with two attached hydrogens (primary N) is 1. The first kappa shape index (κ1) is 17.6. The number of aryl methyl sites for hydroxylation is 1. The lowest BCUT2D eigenvalue weighted by Gasteiger charge is -2.42. The molecule has 0 aliphatic heterocycles. The third-order valence-corrected chi connectivity index (χ3v) is 3.91.